The summed E-state index contributed by atoms with van der Waals surface area (Å²) < 4.78 is 27.2. The van der Waals surface area contributed by atoms with Gasteiger partial charge in [-0.05, 0) is 37.9 Å². The van der Waals surface area contributed by atoms with Crippen LogP contribution in [0, 0.1) is 17.6 Å². The fraction of sp³-hybridized carbons (Fsp3) is 0.600. The third-order valence-corrected chi connectivity index (χ3v) is 4.01. The molecule has 0 heterocycles. The van der Waals surface area contributed by atoms with Crippen LogP contribution >= 0.6 is 0 Å². The van der Waals surface area contributed by atoms with Crippen molar-refractivity contribution in [3.8, 4) is 0 Å². The Bertz CT molecular complexity index is 366. The molecule has 1 N–H and O–H groups in total. The number of hydrogen-bond donors (Lipinski definition) is 1. The normalized spacial score (nSPS) is 18.2. The standard InChI is InChI=1S/C15H21F2N/c1-18-12(9-11-5-2-3-6-11)10-13-14(16)7-4-8-15(13)17/h4,7-8,11-12,18H,2-3,5-6,9-10H2,1H3. The first-order chi connectivity index (χ1) is 8.70. The lowest BCUT2D eigenvalue weighted by Crippen LogP contribution is -2.30. The van der Waals surface area contributed by atoms with E-state index in [-0.39, 0.29) is 11.6 Å². The maximum atomic E-state index is 13.6. The average Bonchev–Trinajstić information content (AvgIpc) is 2.85. The zero-order valence-electron chi connectivity index (χ0n) is 10.9. The summed E-state index contributed by atoms with van der Waals surface area (Å²) in [6.45, 7) is 0. The Balaban J connectivity index is 2.00. The molecule has 0 spiro atoms. The molecule has 1 atom stereocenters. The van der Waals surface area contributed by atoms with Gasteiger partial charge in [0.05, 0.1) is 0 Å². The molecule has 100 valence electrons. The van der Waals surface area contributed by atoms with E-state index in [0.29, 0.717) is 6.42 Å². The van der Waals surface area contributed by atoms with Crippen molar-refractivity contribution in [3.05, 3.63) is 35.4 Å². The first-order valence-corrected chi connectivity index (χ1v) is 6.81. The zero-order chi connectivity index (χ0) is 13.0. The molecule has 3 heteroatoms. The minimum atomic E-state index is -0.429. The van der Waals surface area contributed by atoms with Crippen molar-refractivity contribution >= 4 is 0 Å². The molecule has 0 bridgehead atoms. The summed E-state index contributed by atoms with van der Waals surface area (Å²) >= 11 is 0. The van der Waals surface area contributed by atoms with Crippen molar-refractivity contribution < 1.29 is 8.78 Å². The van der Waals surface area contributed by atoms with Crippen LogP contribution in [0.1, 0.15) is 37.7 Å². The zero-order valence-corrected chi connectivity index (χ0v) is 10.9. The summed E-state index contributed by atoms with van der Waals surface area (Å²) in [5.41, 5.74) is 0.217. The molecule has 1 nitrogen and oxygen atoms in total. The summed E-state index contributed by atoms with van der Waals surface area (Å²) in [6.07, 6.45) is 6.58. The van der Waals surface area contributed by atoms with Crippen LogP contribution in [-0.2, 0) is 6.42 Å². The van der Waals surface area contributed by atoms with Gasteiger partial charge in [0.2, 0.25) is 0 Å². The molecule has 1 saturated carbocycles. The number of likely N-dealkylation sites (N-methyl/N-ethyl adjacent to an activating group) is 1. The lowest BCUT2D eigenvalue weighted by atomic mass is 9.93. The number of nitrogens with one attached hydrogen (secondary N) is 1. The molecular weight excluding hydrogens is 232 g/mol. The highest BCUT2D eigenvalue weighted by molar-refractivity contribution is 5.20. The second-order valence-corrected chi connectivity index (χ2v) is 5.28. The summed E-state index contributed by atoms with van der Waals surface area (Å²) in [7, 11) is 1.87. The molecule has 2 rings (SSSR count). The van der Waals surface area contributed by atoms with Gasteiger partial charge in [0, 0.05) is 11.6 Å². The molecule has 1 aromatic carbocycles. The number of halogens is 2. The second kappa shape index (κ2) is 6.28. The van der Waals surface area contributed by atoms with E-state index in [1.54, 1.807) is 0 Å². The molecule has 1 aliphatic rings. The largest absolute Gasteiger partial charge is 0.317 e. The van der Waals surface area contributed by atoms with Gasteiger partial charge in [0.1, 0.15) is 11.6 Å². The van der Waals surface area contributed by atoms with Crippen molar-refractivity contribution in [2.24, 2.45) is 5.92 Å². The van der Waals surface area contributed by atoms with Gasteiger partial charge in [-0.15, -0.1) is 0 Å². The van der Waals surface area contributed by atoms with E-state index in [1.807, 2.05) is 7.05 Å². The van der Waals surface area contributed by atoms with Crippen molar-refractivity contribution in [2.45, 2.75) is 44.6 Å². The number of rotatable bonds is 5. The molecule has 1 fully saturated rings. The Morgan fingerprint density at radius 3 is 2.39 bits per heavy atom. The van der Waals surface area contributed by atoms with Gasteiger partial charge in [0.25, 0.3) is 0 Å². The molecule has 18 heavy (non-hydrogen) atoms. The monoisotopic (exact) mass is 253 g/mol. The van der Waals surface area contributed by atoms with Crippen molar-refractivity contribution in [3.63, 3.8) is 0 Å². The summed E-state index contributed by atoms with van der Waals surface area (Å²) in [6, 6.07) is 4.25. The molecule has 1 unspecified atom stereocenters. The van der Waals surface area contributed by atoms with E-state index in [9.17, 15) is 8.78 Å². The van der Waals surface area contributed by atoms with E-state index in [2.05, 4.69) is 5.32 Å². The van der Waals surface area contributed by atoms with E-state index in [4.69, 9.17) is 0 Å². The molecule has 0 radical (unpaired) electrons. The van der Waals surface area contributed by atoms with Crippen LogP contribution in [0.15, 0.2) is 18.2 Å². The van der Waals surface area contributed by atoms with Crippen LogP contribution in [0.4, 0.5) is 8.78 Å². The highest BCUT2D eigenvalue weighted by Crippen LogP contribution is 2.29. The molecule has 0 aliphatic heterocycles. The maximum absolute atomic E-state index is 13.6. The minimum absolute atomic E-state index is 0.166. The number of benzene rings is 1. The lowest BCUT2D eigenvalue weighted by molar-refractivity contribution is 0.394. The molecule has 1 aliphatic carbocycles. The molecule has 0 saturated heterocycles. The minimum Gasteiger partial charge on any atom is -0.317 e. The van der Waals surface area contributed by atoms with Crippen molar-refractivity contribution in [2.75, 3.05) is 7.05 Å². The molecule has 1 aromatic rings. The van der Waals surface area contributed by atoms with Gasteiger partial charge in [0.15, 0.2) is 0 Å². The Hall–Kier alpha value is -0.960. The summed E-state index contributed by atoms with van der Waals surface area (Å²) in [5.74, 6) is -0.138. The van der Waals surface area contributed by atoms with Crippen LogP contribution in [0.5, 0.6) is 0 Å². The van der Waals surface area contributed by atoms with Crippen molar-refractivity contribution in [1.29, 1.82) is 0 Å². The Morgan fingerprint density at radius 2 is 1.83 bits per heavy atom. The SMILES string of the molecule is CNC(Cc1c(F)cccc1F)CC1CCCC1. The molecule has 0 amide bonds. The van der Waals surface area contributed by atoms with E-state index < -0.39 is 11.6 Å². The van der Waals surface area contributed by atoms with E-state index in [0.717, 1.165) is 12.3 Å². The van der Waals surface area contributed by atoms with Gasteiger partial charge in [-0.3, -0.25) is 0 Å². The molecule has 0 aromatic heterocycles. The fourth-order valence-corrected chi connectivity index (χ4v) is 2.93. The van der Waals surface area contributed by atoms with Gasteiger partial charge in [-0.1, -0.05) is 31.7 Å². The lowest BCUT2D eigenvalue weighted by Gasteiger charge is -2.20. The predicted octanol–water partition coefficient (Wildman–Crippen LogP) is 3.68. The topological polar surface area (TPSA) is 12.0 Å². The fourth-order valence-electron chi connectivity index (χ4n) is 2.93. The highest BCUT2D eigenvalue weighted by atomic mass is 19.1. The van der Waals surface area contributed by atoms with E-state index >= 15 is 0 Å². The second-order valence-electron chi connectivity index (χ2n) is 5.28. The number of hydrogen-bond acceptors (Lipinski definition) is 1. The Morgan fingerprint density at radius 1 is 1.22 bits per heavy atom. The Labute approximate surface area is 108 Å². The van der Waals surface area contributed by atoms with Gasteiger partial charge >= 0.3 is 0 Å². The third-order valence-electron chi connectivity index (χ3n) is 4.01. The van der Waals surface area contributed by atoms with Crippen LogP contribution in [0.3, 0.4) is 0 Å². The quantitative estimate of drug-likeness (QED) is 0.844. The first kappa shape index (κ1) is 13.5. The van der Waals surface area contributed by atoms with Crippen LogP contribution in [0.2, 0.25) is 0 Å². The Kier molecular flexibility index (Phi) is 4.70. The summed E-state index contributed by atoms with van der Waals surface area (Å²) in [5, 5.41) is 3.20. The van der Waals surface area contributed by atoms with Gasteiger partial charge in [-0.25, -0.2) is 8.78 Å². The third kappa shape index (κ3) is 3.29. The van der Waals surface area contributed by atoms with Gasteiger partial charge < -0.3 is 5.32 Å². The predicted molar refractivity (Wildman–Crippen MR) is 69.5 cm³/mol. The van der Waals surface area contributed by atoms with Gasteiger partial charge in [-0.2, -0.15) is 0 Å². The highest BCUT2D eigenvalue weighted by Gasteiger charge is 2.21. The average molecular weight is 253 g/mol. The van der Waals surface area contributed by atoms with Crippen LogP contribution < -0.4 is 5.32 Å². The molecular formula is C15H21F2N. The van der Waals surface area contributed by atoms with Crippen LogP contribution in [-0.4, -0.2) is 13.1 Å². The smallest absolute Gasteiger partial charge is 0.129 e. The van der Waals surface area contributed by atoms with Crippen molar-refractivity contribution in [1.82, 2.24) is 5.32 Å². The van der Waals surface area contributed by atoms with E-state index in [1.165, 1.54) is 43.9 Å². The first-order valence-electron chi connectivity index (χ1n) is 6.81. The maximum Gasteiger partial charge on any atom is 0.129 e. The summed E-state index contributed by atoms with van der Waals surface area (Å²) in [4.78, 5) is 0. The van der Waals surface area contributed by atoms with Crippen LogP contribution in [0.25, 0.3) is 0 Å².